The Morgan fingerprint density at radius 2 is 1.87 bits per heavy atom. The van der Waals surface area contributed by atoms with Crippen LogP contribution in [0.15, 0.2) is 78.1 Å². The maximum atomic E-state index is 10.8. The van der Waals surface area contributed by atoms with E-state index in [1.165, 1.54) is 0 Å². The third-order valence-electron chi connectivity index (χ3n) is 4.37. The molecule has 6 nitrogen and oxygen atoms in total. The van der Waals surface area contributed by atoms with Crippen molar-refractivity contribution in [3.05, 3.63) is 84.1 Å². The normalized spacial score (nSPS) is 11.2. The fourth-order valence-corrected chi connectivity index (χ4v) is 2.91. The van der Waals surface area contributed by atoms with Gasteiger partial charge in [0.05, 0.1) is 17.8 Å². The second kappa shape index (κ2) is 10.8. The zero-order valence-electron chi connectivity index (χ0n) is 16.8. The van der Waals surface area contributed by atoms with Crippen LogP contribution in [0.5, 0.6) is 5.75 Å². The van der Waals surface area contributed by atoms with Crippen LogP contribution in [0.1, 0.15) is 24.5 Å². The molecule has 0 aliphatic heterocycles. The molecule has 30 heavy (non-hydrogen) atoms. The van der Waals surface area contributed by atoms with E-state index in [4.69, 9.17) is 14.7 Å². The summed E-state index contributed by atoms with van der Waals surface area (Å²) in [7, 11) is 0. The van der Waals surface area contributed by atoms with Gasteiger partial charge in [0, 0.05) is 17.3 Å². The number of aromatic nitrogens is 1. The van der Waals surface area contributed by atoms with E-state index in [1.54, 1.807) is 30.5 Å². The first-order chi connectivity index (χ1) is 14.7. The first-order valence-corrected chi connectivity index (χ1v) is 9.80. The number of benzene rings is 2. The van der Waals surface area contributed by atoms with Crippen molar-refractivity contribution in [3.8, 4) is 17.0 Å². The SMILES string of the molecule is CCC(=NOCCOc1cccc(CC(=O)O)c1)c1ccc(-c2ccccc2)nc1. The first kappa shape index (κ1) is 21.0. The number of hydrogen-bond donors (Lipinski definition) is 1. The lowest BCUT2D eigenvalue weighted by atomic mass is 10.1. The number of hydrogen-bond acceptors (Lipinski definition) is 5. The second-order valence-corrected chi connectivity index (χ2v) is 6.59. The number of ether oxygens (including phenoxy) is 1. The summed E-state index contributed by atoms with van der Waals surface area (Å²) in [4.78, 5) is 20.7. The zero-order chi connectivity index (χ0) is 21.2. The number of carbonyl (C=O) groups is 1. The van der Waals surface area contributed by atoms with Gasteiger partial charge in [-0.05, 0) is 36.2 Å². The Bertz CT molecular complexity index is 986. The molecule has 0 amide bonds. The lowest BCUT2D eigenvalue weighted by Crippen LogP contribution is -2.07. The van der Waals surface area contributed by atoms with Crippen LogP contribution in [0, 0.1) is 0 Å². The summed E-state index contributed by atoms with van der Waals surface area (Å²) in [5.74, 6) is -0.263. The van der Waals surface area contributed by atoms with Crippen LogP contribution in [0.25, 0.3) is 11.3 Å². The first-order valence-electron chi connectivity index (χ1n) is 9.80. The summed E-state index contributed by atoms with van der Waals surface area (Å²) in [5, 5.41) is 13.1. The third kappa shape index (κ3) is 6.17. The molecular formula is C24H24N2O4. The summed E-state index contributed by atoms with van der Waals surface area (Å²) in [6.45, 7) is 2.60. The average molecular weight is 404 g/mol. The third-order valence-corrected chi connectivity index (χ3v) is 4.37. The monoisotopic (exact) mass is 404 g/mol. The molecule has 2 aromatic carbocycles. The van der Waals surface area contributed by atoms with Gasteiger partial charge in [0.15, 0.2) is 6.61 Å². The van der Waals surface area contributed by atoms with Gasteiger partial charge < -0.3 is 14.7 Å². The maximum Gasteiger partial charge on any atom is 0.307 e. The topological polar surface area (TPSA) is 81.0 Å². The van der Waals surface area contributed by atoms with E-state index in [9.17, 15) is 4.79 Å². The van der Waals surface area contributed by atoms with Gasteiger partial charge in [-0.1, -0.05) is 54.5 Å². The van der Waals surface area contributed by atoms with E-state index in [1.807, 2.05) is 49.4 Å². The van der Waals surface area contributed by atoms with Crippen LogP contribution in [0.4, 0.5) is 0 Å². The van der Waals surface area contributed by atoms with Gasteiger partial charge in [0.2, 0.25) is 0 Å². The Kier molecular flexibility index (Phi) is 7.55. The standard InChI is InChI=1S/C24H24N2O4/c1-2-22(20-11-12-23(25-17-20)19-8-4-3-5-9-19)26-30-14-13-29-21-10-6-7-18(15-21)16-24(27)28/h3-12,15,17H,2,13-14,16H2,1H3,(H,27,28). The number of carboxylic acid groups (broad SMARTS) is 1. The van der Waals surface area contributed by atoms with Crippen LogP contribution in [0.2, 0.25) is 0 Å². The summed E-state index contributed by atoms with van der Waals surface area (Å²) in [5.41, 5.74) is 4.40. The highest BCUT2D eigenvalue weighted by atomic mass is 16.6. The largest absolute Gasteiger partial charge is 0.490 e. The van der Waals surface area contributed by atoms with Gasteiger partial charge in [-0.3, -0.25) is 9.78 Å². The Balaban J connectivity index is 1.52. The fourth-order valence-electron chi connectivity index (χ4n) is 2.91. The van der Waals surface area contributed by atoms with Crippen molar-refractivity contribution >= 4 is 11.7 Å². The van der Waals surface area contributed by atoms with Crippen molar-refractivity contribution in [3.63, 3.8) is 0 Å². The number of rotatable bonds is 10. The van der Waals surface area contributed by atoms with Crippen LogP contribution in [0.3, 0.4) is 0 Å². The van der Waals surface area contributed by atoms with Crippen LogP contribution < -0.4 is 4.74 Å². The molecule has 0 unspecified atom stereocenters. The van der Waals surface area contributed by atoms with Gasteiger partial charge >= 0.3 is 5.97 Å². The molecule has 0 aliphatic carbocycles. The number of carboxylic acids is 1. The van der Waals surface area contributed by atoms with E-state index in [0.29, 0.717) is 24.3 Å². The molecule has 3 aromatic rings. The smallest absolute Gasteiger partial charge is 0.307 e. The molecule has 0 saturated carbocycles. The predicted molar refractivity (Wildman–Crippen MR) is 116 cm³/mol. The average Bonchev–Trinajstić information content (AvgIpc) is 2.77. The van der Waals surface area contributed by atoms with Crippen molar-refractivity contribution in [2.75, 3.05) is 13.2 Å². The van der Waals surface area contributed by atoms with Gasteiger partial charge in [0.25, 0.3) is 0 Å². The molecule has 6 heteroatoms. The van der Waals surface area contributed by atoms with Crippen molar-refractivity contribution in [2.45, 2.75) is 19.8 Å². The van der Waals surface area contributed by atoms with Crippen LogP contribution >= 0.6 is 0 Å². The molecule has 154 valence electrons. The highest BCUT2D eigenvalue weighted by Crippen LogP contribution is 2.17. The molecule has 0 atom stereocenters. The molecule has 0 fully saturated rings. The van der Waals surface area contributed by atoms with Crippen LogP contribution in [-0.4, -0.2) is 35.0 Å². The molecule has 0 bridgehead atoms. The van der Waals surface area contributed by atoms with E-state index in [2.05, 4.69) is 10.1 Å². The minimum atomic E-state index is -0.872. The number of pyridine rings is 1. The molecule has 0 aliphatic rings. The Morgan fingerprint density at radius 1 is 1.03 bits per heavy atom. The van der Waals surface area contributed by atoms with Crippen LogP contribution in [-0.2, 0) is 16.1 Å². The zero-order valence-corrected chi connectivity index (χ0v) is 16.8. The Morgan fingerprint density at radius 3 is 2.57 bits per heavy atom. The summed E-state index contributed by atoms with van der Waals surface area (Å²) < 4.78 is 5.61. The molecule has 3 rings (SSSR count). The minimum Gasteiger partial charge on any atom is -0.490 e. The molecule has 1 N–H and O–H groups in total. The summed E-state index contributed by atoms with van der Waals surface area (Å²) >= 11 is 0. The van der Waals surface area contributed by atoms with Gasteiger partial charge in [0.1, 0.15) is 12.4 Å². The van der Waals surface area contributed by atoms with Crippen molar-refractivity contribution < 1.29 is 19.5 Å². The van der Waals surface area contributed by atoms with E-state index < -0.39 is 5.97 Å². The Hall–Kier alpha value is -3.67. The maximum absolute atomic E-state index is 10.8. The summed E-state index contributed by atoms with van der Waals surface area (Å²) in [6, 6.07) is 21.0. The van der Waals surface area contributed by atoms with E-state index in [-0.39, 0.29) is 13.0 Å². The minimum absolute atomic E-state index is 0.0328. The van der Waals surface area contributed by atoms with Gasteiger partial charge in [-0.25, -0.2) is 0 Å². The lowest BCUT2D eigenvalue weighted by Gasteiger charge is -2.08. The molecule has 1 aromatic heterocycles. The predicted octanol–water partition coefficient (Wildman–Crippen LogP) is 4.59. The Labute approximate surface area is 175 Å². The second-order valence-electron chi connectivity index (χ2n) is 6.59. The molecular weight excluding hydrogens is 380 g/mol. The van der Waals surface area contributed by atoms with E-state index in [0.717, 1.165) is 22.5 Å². The number of oxime groups is 1. The fraction of sp³-hybridized carbons (Fsp3) is 0.208. The lowest BCUT2D eigenvalue weighted by molar-refractivity contribution is -0.136. The highest BCUT2D eigenvalue weighted by molar-refractivity contribution is 5.99. The van der Waals surface area contributed by atoms with Crippen molar-refractivity contribution in [1.29, 1.82) is 0 Å². The molecule has 1 heterocycles. The number of aliphatic carboxylic acids is 1. The number of nitrogens with zero attached hydrogens (tertiary/aromatic N) is 2. The quantitative estimate of drug-likeness (QED) is 0.304. The van der Waals surface area contributed by atoms with Crippen molar-refractivity contribution in [1.82, 2.24) is 4.98 Å². The highest BCUT2D eigenvalue weighted by Gasteiger charge is 2.05. The molecule has 0 radical (unpaired) electrons. The van der Waals surface area contributed by atoms with Gasteiger partial charge in [-0.15, -0.1) is 0 Å². The van der Waals surface area contributed by atoms with Crippen molar-refractivity contribution in [2.24, 2.45) is 5.16 Å². The summed E-state index contributed by atoms with van der Waals surface area (Å²) in [6.07, 6.45) is 2.48. The van der Waals surface area contributed by atoms with Gasteiger partial charge in [-0.2, -0.15) is 0 Å². The molecule has 0 saturated heterocycles. The molecule has 0 spiro atoms. The van der Waals surface area contributed by atoms with E-state index >= 15 is 0 Å².